The highest BCUT2D eigenvalue weighted by atomic mass is 16.2. The number of benzene rings is 2. The number of carbonyl (C=O) groups excluding carboxylic acids is 2. The molecule has 0 aliphatic carbocycles. The number of nitrogens with two attached hydrogens (primary N) is 1. The lowest BCUT2D eigenvalue weighted by Crippen LogP contribution is -2.24. The van der Waals surface area contributed by atoms with Gasteiger partial charge in [-0.15, -0.1) is 0 Å². The zero-order valence-electron chi connectivity index (χ0n) is 14.2. The van der Waals surface area contributed by atoms with Crippen LogP contribution < -0.4 is 10.6 Å². The van der Waals surface area contributed by atoms with Gasteiger partial charge in [0.1, 0.15) is 0 Å². The molecule has 0 spiro atoms. The quantitative estimate of drug-likeness (QED) is 0.696. The number of H-pyrrole nitrogens is 1. The number of nitrogens with zero attached hydrogens (tertiary/aromatic N) is 2. The van der Waals surface area contributed by atoms with E-state index < -0.39 is 5.91 Å². The summed E-state index contributed by atoms with van der Waals surface area (Å²) in [4.78, 5) is 24.9. The molecule has 3 aromatic rings. The number of primary amides is 1. The second kappa shape index (κ2) is 7.48. The van der Waals surface area contributed by atoms with Crippen LogP contribution in [0, 0.1) is 0 Å². The number of nitrogens with one attached hydrogen (secondary N) is 1. The van der Waals surface area contributed by atoms with E-state index in [-0.39, 0.29) is 5.91 Å². The number of anilines is 1. The molecule has 130 valence electrons. The molecular weight excluding hydrogens is 328 g/mol. The van der Waals surface area contributed by atoms with Gasteiger partial charge in [0.15, 0.2) is 5.82 Å². The summed E-state index contributed by atoms with van der Waals surface area (Å²) in [5, 5.41) is 7.13. The van der Waals surface area contributed by atoms with Crippen LogP contribution in [0.5, 0.6) is 0 Å². The molecule has 0 aliphatic rings. The van der Waals surface area contributed by atoms with E-state index in [0.717, 1.165) is 16.8 Å². The van der Waals surface area contributed by atoms with Crippen molar-refractivity contribution in [2.45, 2.75) is 0 Å². The lowest BCUT2D eigenvalue weighted by molar-refractivity contribution is -0.113. The van der Waals surface area contributed by atoms with E-state index >= 15 is 0 Å². The van der Waals surface area contributed by atoms with Crippen LogP contribution in [-0.4, -0.2) is 29.1 Å². The summed E-state index contributed by atoms with van der Waals surface area (Å²) in [5.74, 6) is -0.165. The lowest BCUT2D eigenvalue weighted by Gasteiger charge is -2.10. The van der Waals surface area contributed by atoms with Gasteiger partial charge in [0.05, 0.1) is 5.69 Å². The molecular formula is C20H18N4O2. The fourth-order valence-corrected chi connectivity index (χ4v) is 2.40. The van der Waals surface area contributed by atoms with Crippen molar-refractivity contribution in [2.75, 3.05) is 11.9 Å². The normalized spacial score (nSPS) is 10.8. The molecule has 0 radical (unpaired) electrons. The molecule has 0 fully saturated rings. The first-order chi connectivity index (χ1) is 12.5. The molecule has 3 N–H and O–H groups in total. The minimum atomic E-state index is -0.482. The molecule has 26 heavy (non-hydrogen) atoms. The number of likely N-dealkylation sites (N-methyl/N-ethyl adjacent to an activating group) is 1. The number of hydrogen-bond donors (Lipinski definition) is 2. The second-order valence-electron chi connectivity index (χ2n) is 5.72. The highest BCUT2D eigenvalue weighted by Crippen LogP contribution is 2.21. The van der Waals surface area contributed by atoms with Gasteiger partial charge in [-0.1, -0.05) is 42.5 Å². The Labute approximate surface area is 151 Å². The topological polar surface area (TPSA) is 92.1 Å². The Hall–Kier alpha value is -3.67. The molecule has 0 saturated carbocycles. The number of rotatable bonds is 5. The third kappa shape index (κ3) is 3.87. The highest BCUT2D eigenvalue weighted by molar-refractivity contribution is 6.03. The maximum atomic E-state index is 12.3. The predicted molar refractivity (Wildman–Crippen MR) is 101 cm³/mol. The van der Waals surface area contributed by atoms with Crippen molar-refractivity contribution < 1.29 is 9.59 Å². The van der Waals surface area contributed by atoms with Crippen molar-refractivity contribution in [1.29, 1.82) is 0 Å². The first-order valence-corrected chi connectivity index (χ1v) is 8.01. The first-order valence-electron chi connectivity index (χ1n) is 8.01. The van der Waals surface area contributed by atoms with Crippen molar-refractivity contribution in [2.24, 2.45) is 5.73 Å². The monoisotopic (exact) mass is 346 g/mol. The summed E-state index contributed by atoms with van der Waals surface area (Å²) >= 11 is 0. The van der Waals surface area contributed by atoms with Crippen LogP contribution in [0.3, 0.4) is 0 Å². The minimum absolute atomic E-state index is 0.213. The van der Waals surface area contributed by atoms with Crippen LogP contribution in [0.25, 0.3) is 17.3 Å². The SMILES string of the molecule is CN(C(=O)C=Cc1ccc(C(N)=O)cc1)c1cc(-c2ccccc2)[nH]n1. The van der Waals surface area contributed by atoms with Gasteiger partial charge < -0.3 is 5.73 Å². The molecule has 0 aliphatic heterocycles. The van der Waals surface area contributed by atoms with Gasteiger partial charge in [0, 0.05) is 24.8 Å². The van der Waals surface area contributed by atoms with Crippen LogP contribution in [0.4, 0.5) is 5.82 Å². The summed E-state index contributed by atoms with van der Waals surface area (Å²) < 4.78 is 0. The molecule has 1 aromatic heterocycles. The fourth-order valence-electron chi connectivity index (χ4n) is 2.40. The molecule has 1 heterocycles. The largest absolute Gasteiger partial charge is 0.366 e. The van der Waals surface area contributed by atoms with E-state index in [1.807, 2.05) is 36.4 Å². The summed E-state index contributed by atoms with van der Waals surface area (Å²) in [6.45, 7) is 0. The zero-order valence-corrected chi connectivity index (χ0v) is 14.2. The minimum Gasteiger partial charge on any atom is -0.366 e. The highest BCUT2D eigenvalue weighted by Gasteiger charge is 2.12. The second-order valence-corrected chi connectivity index (χ2v) is 5.72. The summed E-state index contributed by atoms with van der Waals surface area (Å²) in [7, 11) is 1.66. The third-order valence-electron chi connectivity index (χ3n) is 3.94. The van der Waals surface area contributed by atoms with Crippen molar-refractivity contribution in [3.8, 4) is 11.3 Å². The van der Waals surface area contributed by atoms with Gasteiger partial charge in [0.25, 0.3) is 5.91 Å². The third-order valence-corrected chi connectivity index (χ3v) is 3.94. The zero-order chi connectivity index (χ0) is 18.5. The Balaban J connectivity index is 1.70. The van der Waals surface area contributed by atoms with E-state index in [2.05, 4.69) is 10.2 Å². The van der Waals surface area contributed by atoms with Gasteiger partial charge in [-0.05, 0) is 29.3 Å². The van der Waals surface area contributed by atoms with E-state index in [1.54, 1.807) is 37.4 Å². The number of hydrogen-bond acceptors (Lipinski definition) is 3. The van der Waals surface area contributed by atoms with E-state index in [0.29, 0.717) is 11.4 Å². The van der Waals surface area contributed by atoms with Crippen LogP contribution in [0.1, 0.15) is 15.9 Å². The van der Waals surface area contributed by atoms with Crippen molar-refractivity contribution >= 4 is 23.7 Å². The molecule has 0 atom stereocenters. The molecule has 6 nitrogen and oxygen atoms in total. The maximum Gasteiger partial charge on any atom is 0.251 e. The first kappa shape index (κ1) is 17.2. The average Bonchev–Trinajstić information content (AvgIpc) is 3.16. The maximum absolute atomic E-state index is 12.3. The predicted octanol–water partition coefficient (Wildman–Crippen LogP) is 2.85. The van der Waals surface area contributed by atoms with Crippen molar-refractivity contribution in [3.05, 3.63) is 77.9 Å². The Bertz CT molecular complexity index is 943. The van der Waals surface area contributed by atoms with E-state index in [1.165, 1.54) is 11.0 Å². The van der Waals surface area contributed by atoms with Gasteiger partial charge in [-0.25, -0.2) is 0 Å². The van der Waals surface area contributed by atoms with Crippen molar-refractivity contribution in [1.82, 2.24) is 10.2 Å². The molecule has 6 heteroatoms. The van der Waals surface area contributed by atoms with E-state index in [4.69, 9.17) is 5.73 Å². The Morgan fingerprint density at radius 3 is 2.42 bits per heavy atom. The van der Waals surface area contributed by atoms with E-state index in [9.17, 15) is 9.59 Å². The number of carbonyl (C=O) groups is 2. The van der Waals surface area contributed by atoms with Gasteiger partial charge in [0.2, 0.25) is 5.91 Å². The number of amides is 2. The number of aromatic nitrogens is 2. The Morgan fingerprint density at radius 1 is 1.08 bits per heavy atom. The molecule has 0 unspecified atom stereocenters. The molecule has 2 aromatic carbocycles. The van der Waals surface area contributed by atoms with Gasteiger partial charge in [-0.2, -0.15) is 5.10 Å². The molecule has 0 bridgehead atoms. The molecule has 3 rings (SSSR count). The van der Waals surface area contributed by atoms with Crippen molar-refractivity contribution in [3.63, 3.8) is 0 Å². The number of aromatic amines is 1. The van der Waals surface area contributed by atoms with Crippen LogP contribution in [0.15, 0.2) is 66.7 Å². The van der Waals surface area contributed by atoms with Gasteiger partial charge in [-0.3, -0.25) is 19.6 Å². The standard InChI is InChI=1S/C20H18N4O2/c1-24(18-13-17(22-23-18)15-5-3-2-4-6-15)19(25)12-9-14-7-10-16(11-8-14)20(21)26/h2-13H,1H3,(H2,21,26)(H,22,23). The Morgan fingerprint density at radius 2 is 1.77 bits per heavy atom. The summed E-state index contributed by atoms with van der Waals surface area (Å²) in [6.07, 6.45) is 3.13. The Kier molecular flexibility index (Phi) is 4.94. The molecule has 2 amide bonds. The van der Waals surface area contributed by atoms with Crippen LogP contribution in [0.2, 0.25) is 0 Å². The fraction of sp³-hybridized carbons (Fsp3) is 0.0500. The van der Waals surface area contributed by atoms with Gasteiger partial charge >= 0.3 is 0 Å². The summed E-state index contributed by atoms with van der Waals surface area (Å²) in [5.41, 5.74) is 8.26. The average molecular weight is 346 g/mol. The lowest BCUT2D eigenvalue weighted by atomic mass is 10.1. The smallest absolute Gasteiger partial charge is 0.251 e. The van der Waals surface area contributed by atoms with Crippen LogP contribution >= 0.6 is 0 Å². The molecule has 0 saturated heterocycles. The van der Waals surface area contributed by atoms with Crippen LogP contribution in [-0.2, 0) is 4.79 Å². The summed E-state index contributed by atoms with van der Waals surface area (Å²) in [6, 6.07) is 18.3.